The molecule has 0 saturated carbocycles. The van der Waals surface area contributed by atoms with Gasteiger partial charge in [0.15, 0.2) is 0 Å². The van der Waals surface area contributed by atoms with Crippen LogP contribution >= 0.6 is 15.9 Å². The highest BCUT2D eigenvalue weighted by Crippen LogP contribution is 2.33. The van der Waals surface area contributed by atoms with Crippen LogP contribution in [0.25, 0.3) is 0 Å². The van der Waals surface area contributed by atoms with E-state index in [-0.39, 0.29) is 10.6 Å². The normalized spacial score (nSPS) is 14.1. The fraction of sp³-hybridized carbons (Fsp3) is 0.333. The molecule has 106 valence electrons. The van der Waals surface area contributed by atoms with E-state index >= 15 is 0 Å². The minimum Gasteiger partial charge on any atom is -0.207 e. The summed E-state index contributed by atoms with van der Waals surface area (Å²) in [5, 5.41) is 0. The number of rotatable bonds is 4. The average molecular weight is 335 g/mol. The molecule has 0 radical (unpaired) electrons. The Balaban J connectivity index is 2.26. The molecule has 0 spiro atoms. The maximum absolute atomic E-state index is 13.2. The summed E-state index contributed by atoms with van der Waals surface area (Å²) < 4.78 is 13.2. The minimum atomic E-state index is -0.182. The Morgan fingerprint density at radius 3 is 2.20 bits per heavy atom. The average Bonchev–Trinajstić information content (AvgIpc) is 2.46. The van der Waals surface area contributed by atoms with Gasteiger partial charge in [0.25, 0.3) is 0 Å². The van der Waals surface area contributed by atoms with Gasteiger partial charge in [-0.05, 0) is 53.6 Å². The summed E-state index contributed by atoms with van der Waals surface area (Å²) in [6, 6.07) is 13.6. The molecule has 0 aliphatic rings. The zero-order chi connectivity index (χ0) is 14.7. The Bertz CT molecular complexity index is 574. The van der Waals surface area contributed by atoms with Crippen LogP contribution in [0.1, 0.15) is 53.3 Å². The van der Waals surface area contributed by atoms with Crippen molar-refractivity contribution in [3.05, 3.63) is 70.5 Å². The van der Waals surface area contributed by atoms with E-state index in [2.05, 4.69) is 54.0 Å². The quantitative estimate of drug-likeness (QED) is 0.590. The van der Waals surface area contributed by atoms with Crippen LogP contribution in [-0.4, -0.2) is 0 Å². The Morgan fingerprint density at radius 2 is 1.65 bits per heavy atom. The Hall–Kier alpha value is -1.15. The van der Waals surface area contributed by atoms with Gasteiger partial charge in [-0.3, -0.25) is 0 Å². The van der Waals surface area contributed by atoms with E-state index in [9.17, 15) is 4.39 Å². The van der Waals surface area contributed by atoms with Crippen molar-refractivity contribution >= 4 is 15.9 Å². The molecule has 2 rings (SSSR count). The highest BCUT2D eigenvalue weighted by molar-refractivity contribution is 9.09. The predicted octanol–water partition coefficient (Wildman–Crippen LogP) is 6.13. The maximum atomic E-state index is 13.2. The lowest BCUT2D eigenvalue weighted by molar-refractivity contribution is 0.626. The van der Waals surface area contributed by atoms with Crippen LogP contribution in [-0.2, 0) is 0 Å². The largest absolute Gasteiger partial charge is 0.207 e. The van der Waals surface area contributed by atoms with E-state index in [1.807, 2.05) is 13.0 Å². The number of halogens is 2. The van der Waals surface area contributed by atoms with Gasteiger partial charge in [-0.25, -0.2) is 4.39 Å². The third-order valence-corrected chi connectivity index (χ3v) is 4.94. The second kappa shape index (κ2) is 6.53. The van der Waals surface area contributed by atoms with Gasteiger partial charge in [0.2, 0.25) is 0 Å². The molecule has 0 fully saturated rings. The van der Waals surface area contributed by atoms with E-state index in [0.29, 0.717) is 5.92 Å². The van der Waals surface area contributed by atoms with Crippen LogP contribution in [0.5, 0.6) is 0 Å². The molecule has 0 nitrogen and oxygen atoms in total. The number of benzene rings is 2. The number of alkyl halides is 1. The van der Waals surface area contributed by atoms with Crippen LogP contribution < -0.4 is 0 Å². The number of hydrogen-bond donors (Lipinski definition) is 0. The molecule has 0 N–H and O–H groups in total. The summed E-state index contributed by atoms with van der Waals surface area (Å²) in [6.45, 7) is 6.39. The first-order valence-corrected chi connectivity index (χ1v) is 7.94. The minimum absolute atomic E-state index is 0.106. The molecule has 0 aromatic heterocycles. The van der Waals surface area contributed by atoms with E-state index < -0.39 is 0 Å². The maximum Gasteiger partial charge on any atom is 0.123 e. The zero-order valence-electron chi connectivity index (χ0n) is 12.2. The lowest BCUT2D eigenvalue weighted by Crippen LogP contribution is -1.98. The van der Waals surface area contributed by atoms with Crippen molar-refractivity contribution in [1.82, 2.24) is 0 Å². The predicted molar refractivity (Wildman–Crippen MR) is 87.1 cm³/mol. The Labute approximate surface area is 129 Å². The monoisotopic (exact) mass is 334 g/mol. The summed E-state index contributed by atoms with van der Waals surface area (Å²) in [6.07, 6.45) is 1.15. The molecular weight excluding hydrogens is 315 g/mol. The molecule has 2 heteroatoms. The molecule has 0 bridgehead atoms. The van der Waals surface area contributed by atoms with Crippen LogP contribution in [0.15, 0.2) is 42.5 Å². The Morgan fingerprint density at radius 1 is 1.05 bits per heavy atom. The van der Waals surface area contributed by atoms with Gasteiger partial charge in [0.1, 0.15) is 5.82 Å². The third kappa shape index (κ3) is 3.29. The van der Waals surface area contributed by atoms with Gasteiger partial charge in [-0.15, -0.1) is 0 Å². The fourth-order valence-electron chi connectivity index (χ4n) is 2.33. The molecule has 0 saturated heterocycles. The van der Waals surface area contributed by atoms with Gasteiger partial charge in [0, 0.05) is 0 Å². The lowest BCUT2D eigenvalue weighted by atomic mass is 9.95. The highest BCUT2D eigenvalue weighted by atomic mass is 79.9. The molecule has 0 aliphatic carbocycles. The molecule has 2 aromatic rings. The van der Waals surface area contributed by atoms with Gasteiger partial charge >= 0.3 is 0 Å². The van der Waals surface area contributed by atoms with Gasteiger partial charge in [-0.1, -0.05) is 60.1 Å². The van der Waals surface area contributed by atoms with Crippen LogP contribution in [0.2, 0.25) is 0 Å². The Kier molecular flexibility index (Phi) is 4.98. The SMILES string of the molecule is CCC(C)c1ccc(C(Br)c2ccc(F)cc2C)cc1. The van der Waals surface area contributed by atoms with Crippen molar-refractivity contribution in [3.8, 4) is 0 Å². The lowest BCUT2D eigenvalue weighted by Gasteiger charge is -2.15. The standard InChI is InChI=1S/C18H20BrF/c1-4-12(2)14-5-7-15(8-6-14)18(19)17-10-9-16(20)11-13(17)3/h5-12,18H,4H2,1-3H3. The fourth-order valence-corrected chi connectivity index (χ4v) is 3.15. The molecule has 20 heavy (non-hydrogen) atoms. The molecule has 0 amide bonds. The molecular formula is C18H20BrF. The van der Waals surface area contributed by atoms with Gasteiger partial charge in [0.05, 0.1) is 4.83 Å². The third-order valence-electron chi connectivity index (χ3n) is 3.92. The van der Waals surface area contributed by atoms with E-state index in [1.165, 1.54) is 17.2 Å². The zero-order valence-corrected chi connectivity index (χ0v) is 13.7. The summed E-state index contributed by atoms with van der Waals surface area (Å²) in [5.74, 6) is 0.406. The van der Waals surface area contributed by atoms with Crippen LogP contribution in [0.4, 0.5) is 4.39 Å². The second-order valence-corrected chi connectivity index (χ2v) is 6.26. The molecule has 0 aliphatic heterocycles. The topological polar surface area (TPSA) is 0 Å². The molecule has 2 unspecified atom stereocenters. The van der Waals surface area contributed by atoms with E-state index in [1.54, 1.807) is 6.07 Å². The summed E-state index contributed by atoms with van der Waals surface area (Å²) in [5.41, 5.74) is 4.65. The van der Waals surface area contributed by atoms with E-state index in [4.69, 9.17) is 0 Å². The van der Waals surface area contributed by atoms with Gasteiger partial charge < -0.3 is 0 Å². The number of aryl methyl sites for hydroxylation is 1. The van der Waals surface area contributed by atoms with Crippen LogP contribution in [0, 0.1) is 12.7 Å². The molecule has 2 atom stereocenters. The summed E-state index contributed by atoms with van der Waals surface area (Å²) in [7, 11) is 0. The molecule has 2 aromatic carbocycles. The first-order valence-electron chi connectivity index (χ1n) is 7.03. The van der Waals surface area contributed by atoms with E-state index in [0.717, 1.165) is 17.5 Å². The van der Waals surface area contributed by atoms with Crippen LogP contribution in [0.3, 0.4) is 0 Å². The smallest absolute Gasteiger partial charge is 0.123 e. The number of hydrogen-bond acceptors (Lipinski definition) is 0. The second-order valence-electron chi connectivity index (χ2n) is 5.34. The summed E-state index contributed by atoms with van der Waals surface area (Å²) >= 11 is 3.73. The summed E-state index contributed by atoms with van der Waals surface area (Å²) in [4.78, 5) is 0.106. The highest BCUT2D eigenvalue weighted by Gasteiger charge is 2.13. The van der Waals surface area contributed by atoms with Crippen molar-refractivity contribution in [2.24, 2.45) is 0 Å². The van der Waals surface area contributed by atoms with Crippen molar-refractivity contribution in [2.45, 2.75) is 37.9 Å². The van der Waals surface area contributed by atoms with Crippen molar-refractivity contribution in [3.63, 3.8) is 0 Å². The van der Waals surface area contributed by atoms with Crippen molar-refractivity contribution in [2.75, 3.05) is 0 Å². The van der Waals surface area contributed by atoms with Gasteiger partial charge in [-0.2, -0.15) is 0 Å². The first-order chi connectivity index (χ1) is 9.52. The first kappa shape index (κ1) is 15.2. The molecule has 0 heterocycles. The van der Waals surface area contributed by atoms with Crippen molar-refractivity contribution in [1.29, 1.82) is 0 Å². The van der Waals surface area contributed by atoms with Crippen molar-refractivity contribution < 1.29 is 4.39 Å².